The van der Waals surface area contributed by atoms with Gasteiger partial charge in [0.15, 0.2) is 10.9 Å². The van der Waals surface area contributed by atoms with E-state index in [2.05, 4.69) is 15.3 Å². The lowest BCUT2D eigenvalue weighted by molar-refractivity contribution is -0.141. The van der Waals surface area contributed by atoms with Crippen molar-refractivity contribution in [3.8, 4) is 5.75 Å². The van der Waals surface area contributed by atoms with Crippen LogP contribution >= 0.6 is 11.3 Å². The number of carbonyl (C=O) groups excluding carboxylic acids is 1. The predicted molar refractivity (Wildman–Crippen MR) is 128 cm³/mol. The summed E-state index contributed by atoms with van der Waals surface area (Å²) in [4.78, 5) is 21.4. The first kappa shape index (κ1) is 23.5. The topological polar surface area (TPSA) is 82.0 Å². The second-order valence-corrected chi connectivity index (χ2v) is 9.55. The number of nitrogens with zero attached hydrogens (tertiary/aromatic N) is 2. The van der Waals surface area contributed by atoms with E-state index in [9.17, 15) is 13.6 Å². The van der Waals surface area contributed by atoms with Crippen molar-refractivity contribution in [1.82, 2.24) is 4.98 Å². The monoisotopic (exact) mass is 499 g/mol. The molecule has 5 rings (SSSR count). The summed E-state index contributed by atoms with van der Waals surface area (Å²) in [5.74, 6) is -0.713. The van der Waals surface area contributed by atoms with E-state index >= 15 is 0 Å². The van der Waals surface area contributed by atoms with Gasteiger partial charge in [0.1, 0.15) is 18.5 Å². The van der Waals surface area contributed by atoms with Crippen LogP contribution in [0.1, 0.15) is 47.3 Å². The minimum atomic E-state index is -2.72. The molecule has 3 aromatic rings. The number of hydrogen-bond acceptors (Lipinski definition) is 7. The van der Waals surface area contributed by atoms with Crippen LogP contribution in [0.5, 0.6) is 5.75 Å². The Kier molecular flexibility index (Phi) is 6.35. The smallest absolute Gasteiger partial charge is 0.264 e. The lowest BCUT2D eigenvalue weighted by Gasteiger charge is -2.18. The summed E-state index contributed by atoms with van der Waals surface area (Å²) in [6.45, 7) is 4.19. The molecule has 1 fully saturated rings. The molecule has 0 aliphatic carbocycles. The number of hydrogen-bond donors (Lipinski definition) is 1. The Morgan fingerprint density at radius 1 is 1.31 bits per heavy atom. The number of thiazole rings is 1. The number of fused-ring (bicyclic) bond motifs is 1. The third-order valence-corrected chi connectivity index (χ3v) is 6.38. The number of ether oxygens (including phenoxy) is 3. The zero-order valence-corrected chi connectivity index (χ0v) is 19.9. The molecule has 182 valence electrons. The molecule has 0 bridgehead atoms. The number of aromatic nitrogens is 1. The summed E-state index contributed by atoms with van der Waals surface area (Å²) < 4.78 is 45.0. The molecule has 0 spiro atoms. The largest absolute Gasteiger partial charge is 0.491 e. The molecule has 2 aliphatic heterocycles. The summed E-state index contributed by atoms with van der Waals surface area (Å²) in [5.41, 5.74) is 2.29. The number of aliphatic imine (C=N–C) groups is 1. The number of para-hydroxylation sites is 1. The fourth-order valence-corrected chi connectivity index (χ4v) is 4.64. The number of nitrogens with one attached hydrogen (secondary N) is 1. The number of halogens is 2. The van der Waals surface area contributed by atoms with Gasteiger partial charge >= 0.3 is 0 Å². The molecule has 3 heterocycles. The molecule has 35 heavy (non-hydrogen) atoms. The Labute approximate surface area is 204 Å². The van der Waals surface area contributed by atoms with Crippen LogP contribution in [-0.4, -0.2) is 41.7 Å². The first-order valence-electron chi connectivity index (χ1n) is 11.1. The van der Waals surface area contributed by atoms with E-state index < -0.39 is 12.2 Å². The second-order valence-electron chi connectivity index (χ2n) is 8.65. The van der Waals surface area contributed by atoms with Gasteiger partial charge in [0.2, 0.25) is 0 Å². The van der Waals surface area contributed by atoms with Gasteiger partial charge in [0, 0.05) is 29.1 Å². The molecule has 2 aliphatic rings. The van der Waals surface area contributed by atoms with Crippen LogP contribution in [0.15, 0.2) is 53.0 Å². The standard InChI is InChI=1S/C25H23F2N3O4S/c1-25(2)33-13-16(34-25)12-32-15-6-7-17(19(11-15)22(26)27)20-10-14-4-3-5-18(21(14)29-20)23(31)30-24-28-8-9-35-24/h3-9,11,16,22H,10,12-13H2,1-2H3,(H,28,30,31)/t16-/m0/s1. The molecule has 1 atom stereocenters. The van der Waals surface area contributed by atoms with Gasteiger partial charge in [0.25, 0.3) is 12.3 Å². The van der Waals surface area contributed by atoms with Gasteiger partial charge in [-0.25, -0.2) is 13.8 Å². The van der Waals surface area contributed by atoms with E-state index in [0.717, 1.165) is 5.56 Å². The SMILES string of the molecule is CC1(C)OC[C@H](COc2ccc(C3=Nc4c(cccc4C(=O)Nc4nccs4)C3)c(C(F)F)c2)O1. The Hall–Kier alpha value is -3.21. The van der Waals surface area contributed by atoms with Crippen molar-refractivity contribution in [2.24, 2.45) is 4.99 Å². The highest BCUT2D eigenvalue weighted by Gasteiger charge is 2.33. The lowest BCUT2D eigenvalue weighted by atomic mass is 9.98. The average Bonchev–Trinajstić information content (AvgIpc) is 3.56. The Morgan fingerprint density at radius 2 is 2.17 bits per heavy atom. The maximum Gasteiger partial charge on any atom is 0.264 e. The van der Waals surface area contributed by atoms with E-state index in [1.54, 1.807) is 35.8 Å². The normalized spacial score (nSPS) is 18.4. The zero-order chi connectivity index (χ0) is 24.6. The van der Waals surface area contributed by atoms with Crippen LogP contribution in [0.3, 0.4) is 0 Å². The molecule has 0 unspecified atom stereocenters. The summed E-state index contributed by atoms with van der Waals surface area (Å²) in [5, 5.41) is 4.98. The molecule has 1 aromatic heterocycles. The van der Waals surface area contributed by atoms with Crippen molar-refractivity contribution in [3.05, 3.63) is 70.2 Å². The van der Waals surface area contributed by atoms with Gasteiger partial charge in [-0.05, 0) is 43.7 Å². The minimum absolute atomic E-state index is 0.174. The molecule has 1 N–H and O–H groups in total. The molecular weight excluding hydrogens is 476 g/mol. The number of carbonyl (C=O) groups is 1. The summed E-state index contributed by atoms with van der Waals surface area (Å²) in [7, 11) is 0. The highest BCUT2D eigenvalue weighted by molar-refractivity contribution is 7.13. The van der Waals surface area contributed by atoms with Crippen LogP contribution in [0.4, 0.5) is 19.6 Å². The van der Waals surface area contributed by atoms with E-state index in [0.29, 0.717) is 46.4 Å². The Bertz CT molecular complexity index is 1280. The molecule has 10 heteroatoms. The average molecular weight is 500 g/mol. The van der Waals surface area contributed by atoms with Gasteiger partial charge in [-0.2, -0.15) is 0 Å². The fourth-order valence-electron chi connectivity index (χ4n) is 4.12. The molecule has 7 nitrogen and oxygen atoms in total. The van der Waals surface area contributed by atoms with Crippen LogP contribution < -0.4 is 10.1 Å². The van der Waals surface area contributed by atoms with Crippen molar-refractivity contribution in [3.63, 3.8) is 0 Å². The predicted octanol–water partition coefficient (Wildman–Crippen LogP) is 5.54. The number of amides is 1. The maximum absolute atomic E-state index is 14.0. The van der Waals surface area contributed by atoms with E-state index in [1.807, 2.05) is 19.9 Å². The quantitative estimate of drug-likeness (QED) is 0.462. The Balaban J connectivity index is 1.37. The molecular formula is C25H23F2N3O4S. The number of alkyl halides is 2. The highest BCUT2D eigenvalue weighted by Crippen LogP contribution is 2.36. The van der Waals surface area contributed by atoms with Gasteiger partial charge < -0.3 is 14.2 Å². The number of benzene rings is 2. The fraction of sp³-hybridized carbons (Fsp3) is 0.320. The third kappa shape index (κ3) is 5.09. The summed E-state index contributed by atoms with van der Waals surface area (Å²) in [6.07, 6.45) is -1.06. The van der Waals surface area contributed by atoms with E-state index in [1.165, 1.54) is 17.4 Å². The van der Waals surface area contributed by atoms with Crippen LogP contribution in [0, 0.1) is 0 Å². The van der Waals surface area contributed by atoms with Crippen molar-refractivity contribution in [2.45, 2.75) is 38.6 Å². The van der Waals surface area contributed by atoms with Gasteiger partial charge in [0.05, 0.1) is 23.6 Å². The van der Waals surface area contributed by atoms with Crippen molar-refractivity contribution in [2.75, 3.05) is 18.5 Å². The van der Waals surface area contributed by atoms with Gasteiger partial charge in [-0.3, -0.25) is 15.1 Å². The van der Waals surface area contributed by atoms with Crippen molar-refractivity contribution in [1.29, 1.82) is 0 Å². The van der Waals surface area contributed by atoms with Gasteiger partial charge in [-0.1, -0.05) is 12.1 Å². The molecule has 1 saturated heterocycles. The first-order valence-corrected chi connectivity index (χ1v) is 11.9. The molecule has 1 amide bonds. The minimum Gasteiger partial charge on any atom is -0.491 e. The van der Waals surface area contributed by atoms with Crippen LogP contribution in [0.25, 0.3) is 0 Å². The van der Waals surface area contributed by atoms with E-state index in [4.69, 9.17) is 14.2 Å². The lowest BCUT2D eigenvalue weighted by Crippen LogP contribution is -2.25. The molecule has 0 radical (unpaired) electrons. The molecule has 2 aromatic carbocycles. The summed E-state index contributed by atoms with van der Waals surface area (Å²) >= 11 is 1.31. The van der Waals surface area contributed by atoms with E-state index in [-0.39, 0.29) is 24.2 Å². The maximum atomic E-state index is 14.0. The first-order chi connectivity index (χ1) is 16.8. The number of anilines is 1. The van der Waals surface area contributed by atoms with Crippen LogP contribution in [0.2, 0.25) is 0 Å². The van der Waals surface area contributed by atoms with Crippen LogP contribution in [-0.2, 0) is 15.9 Å². The summed E-state index contributed by atoms with van der Waals surface area (Å²) in [6, 6.07) is 9.83. The van der Waals surface area contributed by atoms with Gasteiger partial charge in [-0.15, -0.1) is 11.3 Å². The van der Waals surface area contributed by atoms with Crippen molar-refractivity contribution >= 4 is 33.8 Å². The third-order valence-electron chi connectivity index (χ3n) is 5.69. The number of rotatable bonds is 7. The highest BCUT2D eigenvalue weighted by atomic mass is 32.1. The Morgan fingerprint density at radius 3 is 2.89 bits per heavy atom. The molecule has 0 saturated carbocycles. The van der Waals surface area contributed by atoms with Crippen molar-refractivity contribution < 1.29 is 27.8 Å². The zero-order valence-electron chi connectivity index (χ0n) is 19.1. The second kappa shape index (κ2) is 9.44.